The van der Waals surface area contributed by atoms with Gasteiger partial charge in [0.05, 0.1) is 10.6 Å². The van der Waals surface area contributed by atoms with Gasteiger partial charge >= 0.3 is 0 Å². The number of carbonyl (C=O) groups excluding carboxylic acids is 1. The maximum atomic E-state index is 12.3. The van der Waals surface area contributed by atoms with Gasteiger partial charge in [-0.3, -0.25) is 4.79 Å². The lowest BCUT2D eigenvalue weighted by Crippen LogP contribution is -2.20. The van der Waals surface area contributed by atoms with E-state index < -0.39 is 10.0 Å². The van der Waals surface area contributed by atoms with Crippen molar-refractivity contribution in [3.8, 4) is 17.0 Å². The molecule has 0 fully saturated rings. The second-order valence-electron chi connectivity index (χ2n) is 7.19. The number of aromatic nitrogens is 2. The Balaban J connectivity index is 1.45. The molecule has 0 radical (unpaired) electrons. The Labute approximate surface area is 196 Å². The zero-order chi connectivity index (χ0) is 24.0. The molecule has 9 nitrogen and oxygen atoms in total. The molecule has 0 aliphatic carbocycles. The Bertz CT molecular complexity index is 1410. The highest BCUT2D eigenvalue weighted by molar-refractivity contribution is 7.89. The van der Waals surface area contributed by atoms with E-state index in [1.807, 2.05) is 24.3 Å². The number of ether oxygens (including phenoxy) is 1. The van der Waals surface area contributed by atoms with Crippen LogP contribution >= 0.6 is 0 Å². The van der Waals surface area contributed by atoms with Gasteiger partial charge in [-0.1, -0.05) is 36.4 Å². The molecular weight excluding hydrogens is 454 g/mol. The van der Waals surface area contributed by atoms with Crippen LogP contribution in [-0.2, 0) is 14.8 Å². The third kappa shape index (κ3) is 6.15. The van der Waals surface area contributed by atoms with Crippen molar-refractivity contribution in [3.63, 3.8) is 0 Å². The fourth-order valence-corrected chi connectivity index (χ4v) is 3.64. The highest BCUT2D eigenvalue weighted by Gasteiger charge is 2.10. The van der Waals surface area contributed by atoms with Gasteiger partial charge in [-0.05, 0) is 48.5 Å². The SMILES string of the molecule is NS(=O)(=O)c1cccc(Nc2nccc(-c3cccc(NC(=O)COc4ccccc4)c3)n2)c1. The van der Waals surface area contributed by atoms with E-state index in [1.54, 1.807) is 54.7 Å². The summed E-state index contributed by atoms with van der Waals surface area (Å²) in [5.74, 6) is 0.595. The fraction of sp³-hybridized carbons (Fsp3) is 0.0417. The number of carbonyl (C=O) groups is 1. The van der Waals surface area contributed by atoms with Crippen LogP contribution in [0.5, 0.6) is 5.75 Å². The van der Waals surface area contributed by atoms with Gasteiger partial charge in [0.2, 0.25) is 16.0 Å². The molecule has 0 aliphatic heterocycles. The van der Waals surface area contributed by atoms with Gasteiger partial charge < -0.3 is 15.4 Å². The smallest absolute Gasteiger partial charge is 0.262 e. The number of nitrogens with one attached hydrogen (secondary N) is 2. The van der Waals surface area contributed by atoms with E-state index in [9.17, 15) is 13.2 Å². The second-order valence-corrected chi connectivity index (χ2v) is 8.76. The minimum atomic E-state index is -3.83. The van der Waals surface area contributed by atoms with Crippen LogP contribution in [-0.4, -0.2) is 30.9 Å². The summed E-state index contributed by atoms with van der Waals surface area (Å²) in [6, 6.07) is 24.1. The van der Waals surface area contributed by atoms with Crippen molar-refractivity contribution in [1.29, 1.82) is 0 Å². The van der Waals surface area contributed by atoms with E-state index in [0.717, 1.165) is 5.56 Å². The van der Waals surface area contributed by atoms with E-state index in [-0.39, 0.29) is 23.4 Å². The average Bonchev–Trinajstić information content (AvgIpc) is 2.83. The average molecular weight is 476 g/mol. The Morgan fingerprint density at radius 3 is 2.47 bits per heavy atom. The topological polar surface area (TPSA) is 136 Å². The summed E-state index contributed by atoms with van der Waals surface area (Å²) in [5.41, 5.74) is 2.43. The molecule has 4 aromatic rings. The van der Waals surface area contributed by atoms with Gasteiger partial charge in [0.15, 0.2) is 6.61 Å². The Morgan fingerprint density at radius 1 is 0.912 bits per heavy atom. The standard InChI is InChI=1S/C24H21N5O4S/c25-34(31,32)21-11-5-8-19(15-21)28-24-26-13-12-22(29-24)17-6-4-7-18(14-17)27-23(30)16-33-20-9-2-1-3-10-20/h1-15H,16H2,(H,27,30)(H2,25,31,32)(H,26,28,29). The number of hydrogen-bond donors (Lipinski definition) is 3. The third-order valence-electron chi connectivity index (χ3n) is 4.63. The van der Waals surface area contributed by atoms with E-state index in [0.29, 0.717) is 22.8 Å². The number of para-hydroxylation sites is 1. The van der Waals surface area contributed by atoms with Gasteiger partial charge in [0.1, 0.15) is 5.75 Å². The first-order valence-electron chi connectivity index (χ1n) is 10.2. The number of hydrogen-bond acceptors (Lipinski definition) is 7. The van der Waals surface area contributed by atoms with Crippen molar-refractivity contribution in [1.82, 2.24) is 9.97 Å². The van der Waals surface area contributed by atoms with Crippen molar-refractivity contribution < 1.29 is 17.9 Å². The molecule has 1 aromatic heterocycles. The van der Waals surface area contributed by atoms with Crippen molar-refractivity contribution in [3.05, 3.63) is 91.1 Å². The van der Waals surface area contributed by atoms with Crippen molar-refractivity contribution in [2.24, 2.45) is 5.14 Å². The molecule has 0 aliphatic rings. The highest BCUT2D eigenvalue weighted by atomic mass is 32.2. The molecule has 0 saturated carbocycles. The van der Waals surface area contributed by atoms with E-state index in [1.165, 1.54) is 12.1 Å². The summed E-state index contributed by atoms with van der Waals surface area (Å²) in [6.45, 7) is -0.118. The molecule has 0 spiro atoms. The fourth-order valence-electron chi connectivity index (χ4n) is 3.08. The summed E-state index contributed by atoms with van der Waals surface area (Å²) >= 11 is 0. The van der Waals surface area contributed by atoms with Crippen LogP contribution < -0.4 is 20.5 Å². The van der Waals surface area contributed by atoms with Gasteiger partial charge in [-0.25, -0.2) is 23.5 Å². The molecule has 4 N–H and O–H groups in total. The van der Waals surface area contributed by atoms with Crippen LogP contribution in [0.1, 0.15) is 0 Å². The molecule has 0 atom stereocenters. The van der Waals surface area contributed by atoms with E-state index in [4.69, 9.17) is 9.88 Å². The molecule has 10 heteroatoms. The molecule has 0 bridgehead atoms. The van der Waals surface area contributed by atoms with Crippen molar-refractivity contribution in [2.45, 2.75) is 4.90 Å². The van der Waals surface area contributed by atoms with Gasteiger partial charge in [0, 0.05) is 23.1 Å². The summed E-state index contributed by atoms with van der Waals surface area (Å²) in [7, 11) is -3.83. The van der Waals surface area contributed by atoms with E-state index >= 15 is 0 Å². The number of sulfonamides is 1. The largest absolute Gasteiger partial charge is 0.484 e. The molecule has 0 saturated heterocycles. The minimum absolute atomic E-state index is 0.0201. The second kappa shape index (κ2) is 10.1. The number of rotatable bonds is 8. The predicted octanol–water partition coefficient (Wildman–Crippen LogP) is 3.55. The van der Waals surface area contributed by atoms with Crippen LogP contribution in [0.3, 0.4) is 0 Å². The number of benzene rings is 3. The molecule has 4 rings (SSSR count). The zero-order valence-electron chi connectivity index (χ0n) is 17.9. The van der Waals surface area contributed by atoms with Crippen LogP contribution in [0.2, 0.25) is 0 Å². The first-order valence-corrected chi connectivity index (χ1v) is 11.7. The Hall–Kier alpha value is -4.28. The quantitative estimate of drug-likeness (QED) is 0.354. The molecule has 34 heavy (non-hydrogen) atoms. The Morgan fingerprint density at radius 2 is 1.68 bits per heavy atom. The molecule has 1 amide bonds. The lowest BCUT2D eigenvalue weighted by atomic mass is 10.1. The van der Waals surface area contributed by atoms with E-state index in [2.05, 4.69) is 20.6 Å². The van der Waals surface area contributed by atoms with Gasteiger partial charge in [-0.2, -0.15) is 0 Å². The molecular formula is C24H21N5O4S. The predicted molar refractivity (Wildman–Crippen MR) is 129 cm³/mol. The molecule has 1 heterocycles. The summed E-state index contributed by atoms with van der Waals surface area (Å²) in [6.07, 6.45) is 1.58. The first-order chi connectivity index (χ1) is 16.4. The summed E-state index contributed by atoms with van der Waals surface area (Å²) < 4.78 is 28.6. The normalized spacial score (nSPS) is 11.0. The van der Waals surface area contributed by atoms with Crippen molar-refractivity contribution in [2.75, 3.05) is 17.2 Å². The summed E-state index contributed by atoms with van der Waals surface area (Å²) in [4.78, 5) is 20.9. The van der Waals surface area contributed by atoms with Crippen LogP contribution in [0.25, 0.3) is 11.3 Å². The number of nitrogens with two attached hydrogens (primary N) is 1. The number of amides is 1. The zero-order valence-corrected chi connectivity index (χ0v) is 18.7. The van der Waals surface area contributed by atoms with Crippen LogP contribution in [0, 0.1) is 0 Å². The van der Waals surface area contributed by atoms with Gasteiger partial charge in [-0.15, -0.1) is 0 Å². The maximum Gasteiger partial charge on any atom is 0.262 e. The molecule has 0 unspecified atom stereocenters. The third-order valence-corrected chi connectivity index (χ3v) is 5.54. The number of anilines is 3. The first kappa shape index (κ1) is 22.9. The molecule has 172 valence electrons. The lowest BCUT2D eigenvalue weighted by molar-refractivity contribution is -0.118. The minimum Gasteiger partial charge on any atom is -0.484 e. The van der Waals surface area contributed by atoms with Crippen molar-refractivity contribution >= 4 is 33.3 Å². The summed E-state index contributed by atoms with van der Waals surface area (Å²) in [5, 5.41) is 11.0. The molecule has 3 aromatic carbocycles. The number of primary sulfonamides is 1. The van der Waals surface area contributed by atoms with Crippen LogP contribution in [0.15, 0.2) is 96.0 Å². The lowest BCUT2D eigenvalue weighted by Gasteiger charge is -2.10. The highest BCUT2D eigenvalue weighted by Crippen LogP contribution is 2.23. The van der Waals surface area contributed by atoms with Crippen LogP contribution in [0.4, 0.5) is 17.3 Å². The van der Waals surface area contributed by atoms with Gasteiger partial charge in [0.25, 0.3) is 5.91 Å². The Kier molecular flexibility index (Phi) is 6.81. The maximum absolute atomic E-state index is 12.3. The monoisotopic (exact) mass is 475 g/mol. The number of nitrogens with zero attached hydrogens (tertiary/aromatic N) is 2.